The van der Waals surface area contributed by atoms with E-state index < -0.39 is 44.3 Å². The Balaban J connectivity index is 2.03. The molecule has 0 aromatic rings. The molecule has 0 aliphatic heterocycles. The quantitative estimate of drug-likeness (QED) is 0.549. The molecule has 0 saturated heterocycles. The summed E-state index contributed by atoms with van der Waals surface area (Å²) in [7, 11) is 0. The average Bonchev–Trinajstić information content (AvgIpc) is 2.62. The van der Waals surface area contributed by atoms with Crippen LogP contribution >= 0.6 is 0 Å². The lowest BCUT2D eigenvalue weighted by Gasteiger charge is -3.14. The Labute approximate surface area is 126 Å². The first-order valence-corrected chi connectivity index (χ1v) is 6.25. The van der Waals surface area contributed by atoms with Crippen molar-refractivity contribution in [3.8, 4) is 0 Å². The van der Waals surface area contributed by atoms with Crippen LogP contribution in [-0.2, 0) is 0 Å². The van der Waals surface area contributed by atoms with Crippen LogP contribution in [-0.4, -0.2) is 44.3 Å². The molecule has 6 fully saturated rings. The van der Waals surface area contributed by atoms with Gasteiger partial charge in [0.15, 0.2) is 0 Å². The Hall–Kier alpha value is -3.20. The minimum absolute atomic E-state index is 2.52. The van der Waals surface area contributed by atoms with E-state index in [1.165, 1.54) is 0 Å². The molecule has 6 rings (SSSR count). The van der Waals surface area contributed by atoms with Gasteiger partial charge in [0.2, 0.25) is 44.3 Å². The van der Waals surface area contributed by atoms with E-state index in [1.807, 2.05) is 0 Å². The molecule has 0 bridgehead atoms. The van der Waals surface area contributed by atoms with Crippen molar-refractivity contribution in [3.05, 3.63) is 39.3 Å². The maximum absolute atomic E-state index is 11.5. The Kier molecular flexibility index (Phi) is 1.39. The highest BCUT2D eigenvalue weighted by Crippen LogP contribution is 3.16. The second-order valence-electron chi connectivity index (χ2n) is 6.41. The van der Waals surface area contributed by atoms with Gasteiger partial charge >= 0.3 is 0 Å². The van der Waals surface area contributed by atoms with Gasteiger partial charge < -0.3 is 0 Å². The van der Waals surface area contributed by atoms with Gasteiger partial charge in [0.05, 0.1) is 0 Å². The second-order valence-corrected chi connectivity index (χ2v) is 6.41. The molecule has 6 aliphatic carbocycles. The fraction of sp³-hybridized carbons (Fsp3) is 1.00. The molecule has 0 radical (unpaired) electrons. The van der Waals surface area contributed by atoms with Crippen molar-refractivity contribution in [2.75, 3.05) is 0 Å². The monoisotopic (exact) mass is 336 g/mol. The topological polar surface area (TPSA) is 235 Å². The molecule has 0 aromatic heterocycles. The molecule has 0 heterocycles. The first-order valence-electron chi connectivity index (χ1n) is 6.25. The fourth-order valence-electron chi connectivity index (χ4n) is 7.49. The fourth-order valence-corrected chi connectivity index (χ4v) is 7.49. The summed E-state index contributed by atoms with van der Waals surface area (Å²) < 4.78 is 0. The molecular formula is C8N8O8. The smallest absolute Gasteiger partial charge is 0.150 e. The van der Waals surface area contributed by atoms with Crippen molar-refractivity contribution in [1.29, 1.82) is 0 Å². The van der Waals surface area contributed by atoms with Crippen LogP contribution in [0.2, 0.25) is 0 Å². The Bertz CT molecular complexity index is 618. The van der Waals surface area contributed by atoms with Gasteiger partial charge in [0, 0.05) is 0 Å². The van der Waals surface area contributed by atoms with Crippen molar-refractivity contribution in [2.45, 2.75) is 44.3 Å². The number of hydrogen-bond acceptors (Lipinski definition) is 16. The highest BCUT2D eigenvalue weighted by molar-refractivity contribution is 6.03. The maximum atomic E-state index is 11.5. The molecule has 24 heavy (non-hydrogen) atoms. The Morgan fingerprint density at radius 3 is 0.375 bits per heavy atom. The van der Waals surface area contributed by atoms with Gasteiger partial charge in [-0.3, -0.25) is 0 Å². The van der Waals surface area contributed by atoms with Gasteiger partial charge in [-0.15, -0.1) is 39.3 Å². The first-order chi connectivity index (χ1) is 11.5. The molecule has 16 nitrogen and oxygen atoms in total. The molecule has 0 N–H and O–H groups in total. The van der Waals surface area contributed by atoms with Crippen molar-refractivity contribution in [1.82, 2.24) is 0 Å². The second kappa shape index (κ2) is 2.51. The minimum Gasteiger partial charge on any atom is -0.150 e. The van der Waals surface area contributed by atoms with Crippen LogP contribution in [0.1, 0.15) is 0 Å². The van der Waals surface area contributed by atoms with E-state index in [-0.39, 0.29) is 0 Å². The molecule has 0 aromatic carbocycles. The predicted octanol–water partition coefficient (Wildman–Crippen LogP) is 0.0960. The van der Waals surface area contributed by atoms with Crippen LogP contribution in [0.3, 0.4) is 0 Å². The van der Waals surface area contributed by atoms with Gasteiger partial charge in [0.1, 0.15) is 0 Å². The van der Waals surface area contributed by atoms with Crippen LogP contribution in [0.25, 0.3) is 0 Å². The van der Waals surface area contributed by atoms with E-state index in [4.69, 9.17) is 0 Å². The number of hydrogen-bond donors (Lipinski definition) is 0. The molecule has 16 heteroatoms. The van der Waals surface area contributed by atoms with Crippen LogP contribution < -0.4 is 0 Å². The van der Waals surface area contributed by atoms with E-state index in [2.05, 4.69) is 41.4 Å². The summed E-state index contributed by atoms with van der Waals surface area (Å²) >= 11 is 0. The SMILES string of the molecule is O=NC12C3(N=O)C4(N=O)C1(N=O)C1(N=O)C2(N=O)C3(N=O)C41N=O. The number of rotatable bonds is 8. The van der Waals surface area contributed by atoms with Crippen LogP contribution in [0.15, 0.2) is 41.4 Å². The molecular weight excluding hydrogens is 336 g/mol. The third-order valence-corrected chi connectivity index (χ3v) is 7.38. The third kappa shape index (κ3) is 0.359. The lowest BCUT2D eigenvalue weighted by Crippen LogP contribution is -3.49. The molecule has 6 saturated carbocycles. The summed E-state index contributed by atoms with van der Waals surface area (Å²) in [6, 6.07) is 0. The number of nitrogens with zero attached hydrogens (tertiary/aromatic N) is 8. The molecule has 0 atom stereocenters. The molecule has 120 valence electrons. The summed E-state index contributed by atoms with van der Waals surface area (Å²) in [4.78, 5) is 91.7. The lowest BCUT2D eigenvalue weighted by molar-refractivity contribution is -0.610. The van der Waals surface area contributed by atoms with Crippen LogP contribution in [0, 0.1) is 39.3 Å². The predicted molar refractivity (Wildman–Crippen MR) is 68.2 cm³/mol. The Morgan fingerprint density at radius 2 is 0.333 bits per heavy atom. The molecule has 0 amide bonds. The minimum atomic E-state index is -2.74. The molecule has 6 aliphatic rings. The van der Waals surface area contributed by atoms with Gasteiger partial charge in [-0.2, -0.15) is 0 Å². The van der Waals surface area contributed by atoms with Crippen molar-refractivity contribution in [3.63, 3.8) is 0 Å². The van der Waals surface area contributed by atoms with Crippen molar-refractivity contribution in [2.24, 2.45) is 41.4 Å². The average molecular weight is 336 g/mol. The highest BCUT2D eigenvalue weighted by atomic mass is 16.3. The third-order valence-electron chi connectivity index (χ3n) is 7.38. The summed E-state index contributed by atoms with van der Waals surface area (Å²) in [5.41, 5.74) is -21.9. The van der Waals surface area contributed by atoms with Crippen molar-refractivity contribution < 1.29 is 0 Å². The zero-order valence-electron chi connectivity index (χ0n) is 10.8. The van der Waals surface area contributed by atoms with E-state index in [0.717, 1.165) is 0 Å². The summed E-state index contributed by atoms with van der Waals surface area (Å²) in [5.74, 6) is 0. The van der Waals surface area contributed by atoms with Gasteiger partial charge in [-0.1, -0.05) is 41.4 Å². The zero-order chi connectivity index (χ0) is 17.7. The van der Waals surface area contributed by atoms with E-state index in [0.29, 0.717) is 0 Å². The van der Waals surface area contributed by atoms with Crippen LogP contribution in [0.5, 0.6) is 0 Å². The number of nitroso groups, excluding NO2 is 8. The zero-order valence-corrected chi connectivity index (χ0v) is 10.8. The Morgan fingerprint density at radius 1 is 0.250 bits per heavy atom. The molecule has 0 unspecified atom stereocenters. The summed E-state index contributed by atoms with van der Waals surface area (Å²) in [6.07, 6.45) is 0. The van der Waals surface area contributed by atoms with E-state index in [1.54, 1.807) is 0 Å². The van der Waals surface area contributed by atoms with E-state index >= 15 is 0 Å². The van der Waals surface area contributed by atoms with Crippen LogP contribution in [0.4, 0.5) is 0 Å². The standard InChI is InChI=1S/C8N8O8/c17-9-1-2(10-18)5(13-21)3(1,11-19)7(15-23)4(1,12-20)6(2,14-22)8(5,7)16-24. The largest absolute Gasteiger partial charge is 0.204 e. The lowest BCUT2D eigenvalue weighted by atomic mass is 8.82. The van der Waals surface area contributed by atoms with Crippen molar-refractivity contribution >= 4 is 0 Å². The van der Waals surface area contributed by atoms with Gasteiger partial charge in [-0.25, -0.2) is 0 Å². The molecule has 0 spiro atoms. The first kappa shape index (κ1) is 13.3. The normalized spacial score (nSPS) is 67.3. The van der Waals surface area contributed by atoms with E-state index in [9.17, 15) is 39.3 Å². The highest BCUT2D eigenvalue weighted by Gasteiger charge is 3.51. The van der Waals surface area contributed by atoms with Gasteiger partial charge in [-0.05, 0) is 0 Å². The maximum Gasteiger partial charge on any atom is 0.204 e. The summed E-state index contributed by atoms with van der Waals surface area (Å²) in [5, 5.41) is 20.2. The van der Waals surface area contributed by atoms with Gasteiger partial charge in [0.25, 0.3) is 0 Å². The summed E-state index contributed by atoms with van der Waals surface area (Å²) in [6.45, 7) is 0.